The minimum atomic E-state index is -0.918. The standard InChI is InChI=1S/C28H35NO7/c1-13-15(14-8-10-34-24(14)29-5)11-16-20(13)28(4)17(12-19(31)33-6)27(3)18(30)7-9-26(2)22(27)21(23(28)35-16)36-25(26)32/h8,10,15-17,21-23,29H,7,9,11-12H2,1-6H3/t15?,16?,17-,21-,22+,23-,26-,27+,28-/m1/s1. The van der Waals surface area contributed by atoms with Gasteiger partial charge >= 0.3 is 11.9 Å². The average Bonchev–Trinajstić information content (AvgIpc) is 3.57. The molecule has 2 saturated carbocycles. The molecule has 1 aromatic heterocycles. The summed E-state index contributed by atoms with van der Waals surface area (Å²) in [6.45, 7) is 8.14. The lowest BCUT2D eigenvalue weighted by Crippen LogP contribution is -2.67. The summed E-state index contributed by atoms with van der Waals surface area (Å²) in [4.78, 5) is 40.0. The van der Waals surface area contributed by atoms with Crippen molar-refractivity contribution in [1.29, 1.82) is 0 Å². The van der Waals surface area contributed by atoms with Crippen molar-refractivity contribution in [1.82, 2.24) is 0 Å². The first-order chi connectivity index (χ1) is 17.0. The number of furan rings is 1. The zero-order chi connectivity index (χ0) is 25.8. The van der Waals surface area contributed by atoms with Crippen LogP contribution in [-0.2, 0) is 28.6 Å². The number of ether oxygens (including phenoxy) is 3. The maximum absolute atomic E-state index is 13.8. The second-order valence-corrected chi connectivity index (χ2v) is 12.0. The molecular formula is C28H35NO7. The summed E-state index contributed by atoms with van der Waals surface area (Å²) in [5.41, 5.74) is 1.02. The molecule has 0 radical (unpaired) electrons. The lowest BCUT2D eigenvalue weighted by atomic mass is 9.40. The van der Waals surface area contributed by atoms with Crippen LogP contribution in [-0.4, -0.2) is 50.2 Å². The van der Waals surface area contributed by atoms with E-state index in [1.165, 1.54) is 12.7 Å². The van der Waals surface area contributed by atoms with Crippen LogP contribution in [0.2, 0.25) is 0 Å². The molecule has 0 spiro atoms. The molecule has 36 heavy (non-hydrogen) atoms. The van der Waals surface area contributed by atoms with E-state index in [2.05, 4.69) is 19.2 Å². The molecule has 2 saturated heterocycles. The van der Waals surface area contributed by atoms with E-state index in [1.807, 2.05) is 27.0 Å². The number of anilines is 1. The van der Waals surface area contributed by atoms with E-state index in [4.69, 9.17) is 18.6 Å². The van der Waals surface area contributed by atoms with Crippen LogP contribution < -0.4 is 5.32 Å². The number of ketones is 1. The molecule has 2 aliphatic heterocycles. The Bertz CT molecular complexity index is 1200. The fourth-order valence-corrected chi connectivity index (χ4v) is 9.12. The normalized spacial score (nSPS) is 44.7. The molecule has 8 heteroatoms. The minimum absolute atomic E-state index is 0.0875. The van der Waals surface area contributed by atoms with Crippen LogP contribution in [0.25, 0.3) is 0 Å². The van der Waals surface area contributed by atoms with Gasteiger partial charge in [0.05, 0.1) is 31.3 Å². The molecule has 0 aromatic carbocycles. The maximum atomic E-state index is 13.8. The first-order valence-corrected chi connectivity index (χ1v) is 13.0. The van der Waals surface area contributed by atoms with Gasteiger partial charge in [0, 0.05) is 41.7 Å². The molecule has 1 N–H and O–H groups in total. The summed E-state index contributed by atoms with van der Waals surface area (Å²) < 4.78 is 23.7. The van der Waals surface area contributed by atoms with Crippen molar-refractivity contribution in [2.24, 2.45) is 28.1 Å². The first-order valence-electron chi connectivity index (χ1n) is 13.0. The highest BCUT2D eigenvalue weighted by Crippen LogP contribution is 2.73. The summed E-state index contributed by atoms with van der Waals surface area (Å²) in [5.74, 6) is -0.408. The first kappa shape index (κ1) is 23.8. The molecule has 6 rings (SSSR count). The number of hydrogen-bond acceptors (Lipinski definition) is 8. The van der Waals surface area contributed by atoms with E-state index in [1.54, 1.807) is 6.26 Å². The van der Waals surface area contributed by atoms with Crippen molar-refractivity contribution in [3.63, 3.8) is 0 Å². The van der Waals surface area contributed by atoms with Gasteiger partial charge in [0.1, 0.15) is 18.0 Å². The second-order valence-electron chi connectivity index (χ2n) is 12.0. The van der Waals surface area contributed by atoms with Crippen molar-refractivity contribution in [3.8, 4) is 0 Å². The van der Waals surface area contributed by atoms with Gasteiger partial charge in [0.2, 0.25) is 0 Å². The van der Waals surface area contributed by atoms with E-state index in [9.17, 15) is 14.4 Å². The van der Waals surface area contributed by atoms with Gasteiger partial charge in [0.15, 0.2) is 5.88 Å². The van der Waals surface area contributed by atoms with Crippen LogP contribution >= 0.6 is 0 Å². The molecule has 1 aromatic rings. The van der Waals surface area contributed by atoms with Gasteiger partial charge in [-0.15, -0.1) is 0 Å². The Labute approximate surface area is 211 Å². The Hall–Kier alpha value is -2.61. The third kappa shape index (κ3) is 2.61. The highest BCUT2D eigenvalue weighted by atomic mass is 16.6. The number of fused-ring (bicyclic) bond motifs is 4. The Morgan fingerprint density at radius 3 is 2.67 bits per heavy atom. The van der Waals surface area contributed by atoms with E-state index < -0.39 is 28.5 Å². The predicted octanol–water partition coefficient (Wildman–Crippen LogP) is 4.01. The number of methoxy groups -OCH3 is 1. The van der Waals surface area contributed by atoms with Gasteiger partial charge in [-0.1, -0.05) is 19.4 Å². The van der Waals surface area contributed by atoms with Crippen LogP contribution in [0.5, 0.6) is 0 Å². The van der Waals surface area contributed by atoms with E-state index in [0.29, 0.717) is 12.8 Å². The van der Waals surface area contributed by atoms with Crippen LogP contribution in [0.3, 0.4) is 0 Å². The number of rotatable bonds is 4. The van der Waals surface area contributed by atoms with E-state index in [0.717, 1.165) is 23.4 Å². The summed E-state index contributed by atoms with van der Waals surface area (Å²) in [5, 5.41) is 3.13. The number of carbonyl (C=O) groups excluding carboxylic acids is 3. The summed E-state index contributed by atoms with van der Waals surface area (Å²) >= 11 is 0. The largest absolute Gasteiger partial charge is 0.469 e. The zero-order valence-electron chi connectivity index (χ0n) is 21.8. The van der Waals surface area contributed by atoms with Crippen molar-refractivity contribution in [3.05, 3.63) is 29.0 Å². The number of carbonyl (C=O) groups is 3. The van der Waals surface area contributed by atoms with Gasteiger partial charge in [-0.25, -0.2) is 0 Å². The SMILES string of the molecule is CNc1occc1C1CC2O[C@@H]3[C@@H]4OC(=O)[C@]5(C)CCC(=O)[C@](C)([C@@H](CC(=O)OC)[C@]3(C)C2=C1C)[C@@H]45. The third-order valence-electron chi connectivity index (χ3n) is 10.7. The molecule has 2 unspecified atom stereocenters. The molecule has 9 atom stereocenters. The lowest BCUT2D eigenvalue weighted by Gasteiger charge is -2.60. The molecule has 3 aliphatic carbocycles. The Balaban J connectivity index is 1.55. The van der Waals surface area contributed by atoms with Crippen LogP contribution in [0, 0.1) is 28.1 Å². The Morgan fingerprint density at radius 1 is 1.22 bits per heavy atom. The number of hydrogen-bond donors (Lipinski definition) is 1. The van der Waals surface area contributed by atoms with E-state index >= 15 is 0 Å². The molecule has 8 nitrogen and oxygen atoms in total. The number of Topliss-reactive ketones (excluding diaryl/α,β-unsaturated/α-hetero) is 1. The monoisotopic (exact) mass is 497 g/mol. The highest BCUT2D eigenvalue weighted by molar-refractivity contribution is 5.92. The number of esters is 2. The maximum Gasteiger partial charge on any atom is 0.312 e. The van der Waals surface area contributed by atoms with Gasteiger partial charge in [-0.3, -0.25) is 14.4 Å². The Kier molecular flexibility index (Phi) is 4.93. The van der Waals surface area contributed by atoms with Crippen molar-refractivity contribution in [2.45, 2.75) is 77.6 Å². The predicted molar refractivity (Wildman–Crippen MR) is 129 cm³/mol. The van der Waals surface area contributed by atoms with Gasteiger partial charge in [-0.05, 0) is 44.2 Å². The van der Waals surface area contributed by atoms with Gasteiger partial charge in [-0.2, -0.15) is 0 Å². The molecule has 0 bridgehead atoms. The fraction of sp³-hybridized carbons (Fsp3) is 0.679. The average molecular weight is 498 g/mol. The quantitative estimate of drug-likeness (QED) is 0.492. The topological polar surface area (TPSA) is 104 Å². The summed E-state index contributed by atoms with van der Waals surface area (Å²) in [6, 6.07) is 1.99. The van der Waals surface area contributed by atoms with Crippen LogP contribution in [0.4, 0.5) is 5.88 Å². The molecule has 4 fully saturated rings. The lowest BCUT2D eigenvalue weighted by molar-refractivity contribution is -0.197. The van der Waals surface area contributed by atoms with Crippen LogP contribution in [0.15, 0.2) is 27.9 Å². The Morgan fingerprint density at radius 2 is 1.97 bits per heavy atom. The molecule has 194 valence electrons. The molecule has 0 amide bonds. The molecule has 3 heterocycles. The highest BCUT2D eigenvalue weighted by Gasteiger charge is 2.78. The fourth-order valence-electron chi connectivity index (χ4n) is 9.12. The smallest absolute Gasteiger partial charge is 0.312 e. The number of nitrogens with one attached hydrogen (secondary N) is 1. The zero-order valence-corrected chi connectivity index (χ0v) is 21.8. The van der Waals surface area contributed by atoms with Crippen molar-refractivity contribution in [2.75, 3.05) is 19.5 Å². The van der Waals surface area contributed by atoms with Gasteiger partial charge < -0.3 is 23.9 Å². The molecular weight excluding hydrogens is 462 g/mol. The second kappa shape index (κ2) is 7.46. The number of allylic oxidation sites excluding steroid dienone is 1. The summed E-state index contributed by atoms with van der Waals surface area (Å²) in [6.07, 6.45) is 2.14. The van der Waals surface area contributed by atoms with Crippen molar-refractivity contribution >= 4 is 23.6 Å². The van der Waals surface area contributed by atoms with Crippen molar-refractivity contribution < 1.29 is 33.0 Å². The molecule has 5 aliphatic rings. The van der Waals surface area contributed by atoms with Gasteiger partial charge in [0.25, 0.3) is 0 Å². The summed E-state index contributed by atoms with van der Waals surface area (Å²) in [7, 11) is 3.22. The third-order valence-corrected chi connectivity index (χ3v) is 10.7. The minimum Gasteiger partial charge on any atom is -0.469 e. The van der Waals surface area contributed by atoms with E-state index in [-0.39, 0.29) is 48.0 Å². The van der Waals surface area contributed by atoms with Crippen LogP contribution in [0.1, 0.15) is 64.9 Å².